The normalized spacial score (nSPS) is 21.3. The van der Waals surface area contributed by atoms with Crippen molar-refractivity contribution >= 4 is 57.4 Å². The van der Waals surface area contributed by atoms with Crippen LogP contribution in [0.3, 0.4) is 0 Å². The van der Waals surface area contributed by atoms with Gasteiger partial charge in [0.1, 0.15) is 15.8 Å². The van der Waals surface area contributed by atoms with Gasteiger partial charge in [-0.05, 0) is 49.6 Å². The van der Waals surface area contributed by atoms with Crippen LogP contribution in [0.2, 0.25) is 0 Å². The van der Waals surface area contributed by atoms with E-state index in [1.165, 1.54) is 17.4 Å². The minimum atomic E-state index is -0.191. The molecule has 5 heterocycles. The Kier molecular flexibility index (Phi) is 6.94. The van der Waals surface area contributed by atoms with E-state index in [0.29, 0.717) is 45.9 Å². The Balaban J connectivity index is 1.35. The number of ether oxygens (including phenoxy) is 1. The van der Waals surface area contributed by atoms with Gasteiger partial charge in [-0.25, -0.2) is 4.98 Å². The number of thioether (sulfide) groups is 1. The van der Waals surface area contributed by atoms with E-state index in [9.17, 15) is 9.59 Å². The SMILES string of the molecule is Cc1ccc2nc(N3CCN(c4ccccc4)CC3)c(/C=C3\SC(=S)N(C[C@@H]4CCCO4)C3=O)c(=O)n2c1. The first-order valence-electron chi connectivity index (χ1n) is 12.9. The molecule has 38 heavy (non-hydrogen) atoms. The lowest BCUT2D eigenvalue weighted by molar-refractivity contribution is -0.123. The van der Waals surface area contributed by atoms with Gasteiger partial charge in [-0.15, -0.1) is 0 Å². The zero-order valence-corrected chi connectivity index (χ0v) is 22.8. The molecule has 0 N–H and O–H groups in total. The van der Waals surface area contributed by atoms with Crippen LogP contribution in [-0.4, -0.2) is 69.9 Å². The number of amides is 1. The lowest BCUT2D eigenvalue weighted by atomic mass is 10.2. The van der Waals surface area contributed by atoms with E-state index in [2.05, 4.69) is 21.9 Å². The standard InChI is InChI=1S/C28H29N5O3S2/c1-19-9-10-24-29-25(31-13-11-30(12-14-31)20-6-3-2-4-7-20)22(26(34)32(24)17-19)16-23-27(35)33(28(37)38-23)18-21-8-5-15-36-21/h2-4,6-7,9-10,16-17,21H,5,8,11-15,18H2,1H3/b23-16-/t21-/m0/s1. The molecule has 1 amide bonds. The fourth-order valence-corrected chi connectivity index (χ4v) is 6.47. The second kappa shape index (κ2) is 10.5. The molecule has 6 rings (SSSR count). The van der Waals surface area contributed by atoms with Crippen LogP contribution in [-0.2, 0) is 9.53 Å². The first-order chi connectivity index (χ1) is 18.5. The molecule has 3 fully saturated rings. The largest absolute Gasteiger partial charge is 0.376 e. The lowest BCUT2D eigenvalue weighted by Gasteiger charge is -2.37. The molecule has 3 aliphatic heterocycles. The van der Waals surface area contributed by atoms with Gasteiger partial charge in [0, 0.05) is 44.7 Å². The maximum absolute atomic E-state index is 13.8. The molecule has 3 saturated heterocycles. The van der Waals surface area contributed by atoms with E-state index in [0.717, 1.165) is 38.1 Å². The summed E-state index contributed by atoms with van der Waals surface area (Å²) in [4.78, 5) is 38.7. The molecule has 3 aliphatic rings. The molecule has 0 spiro atoms. The Morgan fingerprint density at radius 1 is 1.08 bits per heavy atom. The topological polar surface area (TPSA) is 70.4 Å². The third-order valence-corrected chi connectivity index (χ3v) is 8.62. The highest BCUT2D eigenvalue weighted by atomic mass is 32.2. The van der Waals surface area contributed by atoms with Crippen molar-refractivity contribution in [1.82, 2.24) is 14.3 Å². The van der Waals surface area contributed by atoms with Crippen molar-refractivity contribution in [1.29, 1.82) is 0 Å². The number of carbonyl (C=O) groups is 1. The van der Waals surface area contributed by atoms with Gasteiger partial charge in [0.25, 0.3) is 11.5 Å². The van der Waals surface area contributed by atoms with Gasteiger partial charge >= 0.3 is 0 Å². The molecule has 0 aliphatic carbocycles. The van der Waals surface area contributed by atoms with Crippen LogP contribution in [0.15, 0.2) is 58.4 Å². The van der Waals surface area contributed by atoms with Gasteiger partial charge in [0.2, 0.25) is 0 Å². The van der Waals surface area contributed by atoms with Gasteiger partial charge in [-0.1, -0.05) is 48.2 Å². The summed E-state index contributed by atoms with van der Waals surface area (Å²) in [6.07, 6.45) is 5.41. The Hall–Kier alpha value is -3.21. The Bertz CT molecular complexity index is 1480. The maximum Gasteiger partial charge on any atom is 0.267 e. The summed E-state index contributed by atoms with van der Waals surface area (Å²) in [5.74, 6) is 0.431. The average molecular weight is 548 g/mol. The number of pyridine rings is 1. The number of nitrogens with zero attached hydrogens (tertiary/aromatic N) is 5. The number of fused-ring (bicyclic) bond motifs is 1. The molecule has 8 nitrogen and oxygen atoms in total. The van der Waals surface area contributed by atoms with Gasteiger partial charge in [-0.2, -0.15) is 0 Å². The van der Waals surface area contributed by atoms with Crippen LogP contribution >= 0.6 is 24.0 Å². The van der Waals surface area contributed by atoms with Crippen molar-refractivity contribution in [3.8, 4) is 0 Å². The van der Waals surface area contributed by atoms with Crippen LogP contribution in [0, 0.1) is 6.92 Å². The van der Waals surface area contributed by atoms with Crippen LogP contribution < -0.4 is 15.4 Å². The molecule has 0 radical (unpaired) electrons. The lowest BCUT2D eigenvalue weighted by Crippen LogP contribution is -2.47. The number of aromatic nitrogens is 2. The molecule has 1 atom stereocenters. The van der Waals surface area contributed by atoms with E-state index >= 15 is 0 Å². The van der Waals surface area contributed by atoms with Crippen molar-refractivity contribution in [2.75, 3.05) is 49.1 Å². The molecule has 0 unspecified atom stereocenters. The summed E-state index contributed by atoms with van der Waals surface area (Å²) in [6.45, 7) is 6.15. The fraction of sp³-hybridized carbons (Fsp3) is 0.357. The summed E-state index contributed by atoms with van der Waals surface area (Å²) in [7, 11) is 0. The molecule has 0 bridgehead atoms. The molecule has 3 aromatic rings. The molecule has 1 aromatic carbocycles. The quantitative estimate of drug-likeness (QED) is 0.354. The van der Waals surface area contributed by atoms with E-state index in [1.54, 1.807) is 21.6 Å². The van der Waals surface area contributed by atoms with Gasteiger partial charge < -0.3 is 14.5 Å². The number of benzene rings is 1. The molecule has 196 valence electrons. The number of anilines is 2. The molecular formula is C28H29N5O3S2. The number of para-hydroxylation sites is 1. The number of piperazine rings is 1. The number of carbonyl (C=O) groups excluding carboxylic acids is 1. The highest BCUT2D eigenvalue weighted by molar-refractivity contribution is 8.26. The minimum absolute atomic E-state index is 0.00394. The van der Waals surface area contributed by atoms with E-state index < -0.39 is 0 Å². The summed E-state index contributed by atoms with van der Waals surface area (Å²) in [5, 5.41) is 0. The fourth-order valence-electron chi connectivity index (χ4n) is 5.21. The third-order valence-electron chi connectivity index (χ3n) is 7.25. The summed E-state index contributed by atoms with van der Waals surface area (Å²) in [5.41, 5.74) is 2.95. The second-order valence-electron chi connectivity index (χ2n) is 9.83. The summed E-state index contributed by atoms with van der Waals surface area (Å²) >= 11 is 6.79. The van der Waals surface area contributed by atoms with Gasteiger partial charge in [0.15, 0.2) is 0 Å². The van der Waals surface area contributed by atoms with Crippen molar-refractivity contribution in [3.63, 3.8) is 0 Å². The summed E-state index contributed by atoms with van der Waals surface area (Å²) < 4.78 is 7.79. The van der Waals surface area contributed by atoms with E-state index in [1.807, 2.05) is 37.3 Å². The summed E-state index contributed by atoms with van der Waals surface area (Å²) in [6, 6.07) is 14.2. The Labute approximate surface area is 230 Å². The van der Waals surface area contributed by atoms with Crippen LogP contribution in [0.5, 0.6) is 0 Å². The van der Waals surface area contributed by atoms with Crippen molar-refractivity contribution in [2.45, 2.75) is 25.9 Å². The molecular weight excluding hydrogens is 518 g/mol. The van der Waals surface area contributed by atoms with Crippen molar-refractivity contribution < 1.29 is 9.53 Å². The van der Waals surface area contributed by atoms with E-state index in [-0.39, 0.29) is 17.6 Å². The number of thiocarbonyl (C=S) groups is 1. The zero-order valence-electron chi connectivity index (χ0n) is 21.2. The van der Waals surface area contributed by atoms with Crippen LogP contribution in [0.25, 0.3) is 11.7 Å². The molecule has 10 heteroatoms. The van der Waals surface area contributed by atoms with Crippen molar-refractivity contribution in [3.05, 3.63) is 75.0 Å². The first kappa shape index (κ1) is 25.1. The highest BCUT2D eigenvalue weighted by Crippen LogP contribution is 2.34. The number of rotatable bonds is 5. The Morgan fingerprint density at radius 2 is 1.84 bits per heavy atom. The smallest absolute Gasteiger partial charge is 0.267 e. The molecule has 0 saturated carbocycles. The number of hydrogen-bond donors (Lipinski definition) is 0. The maximum atomic E-state index is 13.8. The predicted molar refractivity (Wildman–Crippen MR) is 156 cm³/mol. The Morgan fingerprint density at radius 3 is 2.58 bits per heavy atom. The molecule has 2 aromatic heterocycles. The van der Waals surface area contributed by atoms with Crippen molar-refractivity contribution in [2.24, 2.45) is 0 Å². The van der Waals surface area contributed by atoms with Gasteiger partial charge in [0.05, 0.1) is 23.1 Å². The first-order valence-corrected chi connectivity index (χ1v) is 14.2. The average Bonchev–Trinajstić information content (AvgIpc) is 3.55. The highest BCUT2D eigenvalue weighted by Gasteiger charge is 2.35. The minimum Gasteiger partial charge on any atom is -0.376 e. The van der Waals surface area contributed by atoms with Gasteiger partial charge in [-0.3, -0.25) is 18.9 Å². The zero-order chi connectivity index (χ0) is 26.2. The second-order valence-corrected chi connectivity index (χ2v) is 11.5. The number of hydrogen-bond acceptors (Lipinski definition) is 8. The van der Waals surface area contributed by atoms with E-state index in [4.69, 9.17) is 21.9 Å². The predicted octanol–water partition coefficient (Wildman–Crippen LogP) is 3.71. The third kappa shape index (κ3) is 4.83. The monoisotopic (exact) mass is 547 g/mol. The van der Waals surface area contributed by atoms with Crippen LogP contribution in [0.1, 0.15) is 24.0 Å². The number of aryl methyl sites for hydroxylation is 1. The van der Waals surface area contributed by atoms with Crippen LogP contribution in [0.4, 0.5) is 11.5 Å².